The van der Waals surface area contributed by atoms with Gasteiger partial charge < -0.3 is 9.47 Å². The average Bonchev–Trinajstić information content (AvgIpc) is 3.01. The van der Waals surface area contributed by atoms with Gasteiger partial charge in [-0.05, 0) is 70.0 Å². The van der Waals surface area contributed by atoms with Crippen molar-refractivity contribution in [2.45, 2.75) is 60.0 Å². The molecule has 2 aromatic rings. The fraction of sp³-hybridized carbons (Fsp3) is 0.400. The molecule has 0 aliphatic carbocycles. The molecule has 2 aromatic carbocycles. The summed E-state index contributed by atoms with van der Waals surface area (Å²) in [4.78, 5) is 61.3. The minimum Gasteiger partial charge on any atom is -0.449 e. The van der Waals surface area contributed by atoms with Crippen molar-refractivity contribution in [2.24, 2.45) is 10.3 Å². The normalized spacial score (nSPS) is 12.0. The molecule has 0 bridgehead atoms. The van der Waals surface area contributed by atoms with E-state index in [1.165, 1.54) is 23.9 Å². The first-order valence-electron chi connectivity index (χ1n) is 14.0. The van der Waals surface area contributed by atoms with E-state index in [1.54, 1.807) is 69.3 Å². The highest BCUT2D eigenvalue weighted by Gasteiger charge is 2.19. The third-order valence-corrected chi connectivity index (χ3v) is 6.15. The lowest BCUT2D eigenvalue weighted by atomic mass is 10.2. The van der Waals surface area contributed by atoms with Crippen LogP contribution in [0, 0.1) is 0 Å². The molecule has 0 spiro atoms. The predicted molar refractivity (Wildman–Crippen MR) is 169 cm³/mol. The van der Waals surface area contributed by atoms with Gasteiger partial charge in [0.15, 0.2) is 0 Å². The second kappa shape index (κ2) is 17.7. The Hall–Kier alpha value is -5.14. The Morgan fingerprint density at radius 2 is 1.23 bits per heavy atom. The molecule has 1 unspecified atom stereocenters. The van der Waals surface area contributed by atoms with Gasteiger partial charge in [0.1, 0.15) is 6.10 Å². The van der Waals surface area contributed by atoms with Crippen LogP contribution in [0.25, 0.3) is 0 Å². The lowest BCUT2D eigenvalue weighted by molar-refractivity contribution is 0.0889. The number of amides is 4. The highest BCUT2D eigenvalue weighted by molar-refractivity contribution is 5.91. The molecule has 2 N–H and O–H groups in total. The summed E-state index contributed by atoms with van der Waals surface area (Å²) in [6.45, 7) is 8.92. The predicted octanol–water partition coefficient (Wildman–Crippen LogP) is 6.98. The van der Waals surface area contributed by atoms with Crippen molar-refractivity contribution in [2.75, 3.05) is 41.1 Å². The molecule has 0 radical (unpaired) electrons. The molecule has 0 fully saturated rings. The van der Waals surface area contributed by atoms with Gasteiger partial charge in [-0.2, -0.15) is 0 Å². The molecule has 0 saturated heterocycles. The molecule has 14 heteroatoms. The van der Waals surface area contributed by atoms with Crippen LogP contribution in [0.4, 0.5) is 41.9 Å². The van der Waals surface area contributed by atoms with E-state index < -0.39 is 30.5 Å². The Balaban J connectivity index is 1.83. The number of hydrogen-bond donors (Lipinski definition) is 2. The molecule has 14 nitrogen and oxygen atoms in total. The van der Waals surface area contributed by atoms with Crippen LogP contribution in [0.5, 0.6) is 0 Å². The molecule has 0 saturated carbocycles. The third-order valence-electron chi connectivity index (χ3n) is 6.15. The molecule has 1 atom stereocenters. The Morgan fingerprint density at radius 3 is 1.68 bits per heavy atom. The summed E-state index contributed by atoms with van der Waals surface area (Å²) in [5, 5.41) is 12.5. The van der Waals surface area contributed by atoms with Gasteiger partial charge in [0, 0.05) is 43.3 Å². The van der Waals surface area contributed by atoms with Gasteiger partial charge in [-0.15, -0.1) is 0 Å². The molecule has 0 aromatic heterocycles. The van der Waals surface area contributed by atoms with Crippen LogP contribution in [-0.4, -0.2) is 62.6 Å². The SMILES string of the molecule is CC/C(C)=N\OC(=O)Nc1cccc(N(C)C(=O)OCCC(C)OC(=O)N(C)c2cccc(NC(=O)O/N=C(/C)CC)c2)c1. The lowest BCUT2D eigenvalue weighted by Crippen LogP contribution is -2.31. The number of benzene rings is 2. The van der Waals surface area contributed by atoms with Crippen molar-refractivity contribution in [1.82, 2.24) is 0 Å². The zero-order chi connectivity index (χ0) is 32.6. The number of oxime groups is 2. The van der Waals surface area contributed by atoms with Crippen LogP contribution in [-0.2, 0) is 19.1 Å². The van der Waals surface area contributed by atoms with Crippen LogP contribution in [0.15, 0.2) is 58.8 Å². The highest BCUT2D eigenvalue weighted by Crippen LogP contribution is 2.21. The maximum Gasteiger partial charge on any atom is 0.437 e. The number of hydrogen-bond acceptors (Lipinski definition) is 10. The molecular weight excluding hydrogens is 572 g/mol. The van der Waals surface area contributed by atoms with Crippen LogP contribution < -0.4 is 20.4 Å². The van der Waals surface area contributed by atoms with Gasteiger partial charge in [-0.3, -0.25) is 30.1 Å². The number of carbonyl (C=O) groups is 4. The average molecular weight is 613 g/mol. The van der Waals surface area contributed by atoms with Crippen LogP contribution in [0.3, 0.4) is 0 Å². The lowest BCUT2D eigenvalue weighted by Gasteiger charge is -2.22. The number of ether oxygens (including phenoxy) is 2. The summed E-state index contributed by atoms with van der Waals surface area (Å²) in [7, 11) is 3.05. The van der Waals surface area contributed by atoms with Crippen LogP contribution in [0.1, 0.15) is 53.9 Å². The van der Waals surface area contributed by atoms with Crippen LogP contribution >= 0.6 is 0 Å². The number of nitrogens with zero attached hydrogens (tertiary/aromatic N) is 4. The Morgan fingerprint density at radius 1 is 0.773 bits per heavy atom. The number of carbonyl (C=O) groups excluding carboxylic acids is 4. The summed E-state index contributed by atoms with van der Waals surface area (Å²) in [5.74, 6) is 0. The quantitative estimate of drug-likeness (QED) is 0.147. The Labute approximate surface area is 256 Å². The first-order valence-corrected chi connectivity index (χ1v) is 14.0. The van der Waals surface area contributed by atoms with Crippen molar-refractivity contribution >= 4 is 58.5 Å². The van der Waals surface area contributed by atoms with Gasteiger partial charge in [0.2, 0.25) is 0 Å². The molecular formula is C30H40N6O8. The molecule has 44 heavy (non-hydrogen) atoms. The van der Waals surface area contributed by atoms with Crippen molar-refractivity contribution < 1.29 is 38.3 Å². The number of rotatable bonds is 12. The second-order valence-electron chi connectivity index (χ2n) is 9.68. The molecule has 0 heterocycles. The third kappa shape index (κ3) is 12.0. The van der Waals surface area contributed by atoms with Crippen molar-refractivity contribution in [3.8, 4) is 0 Å². The molecule has 238 valence electrons. The van der Waals surface area contributed by atoms with Gasteiger partial charge in [0.25, 0.3) is 0 Å². The van der Waals surface area contributed by atoms with E-state index in [0.29, 0.717) is 47.0 Å². The first-order chi connectivity index (χ1) is 20.9. The molecule has 4 amide bonds. The minimum absolute atomic E-state index is 0.0120. The largest absolute Gasteiger partial charge is 0.449 e. The zero-order valence-electron chi connectivity index (χ0n) is 26.1. The Kier molecular flexibility index (Phi) is 14.1. The van der Waals surface area contributed by atoms with Gasteiger partial charge in [0.05, 0.1) is 18.0 Å². The maximum absolute atomic E-state index is 12.7. The van der Waals surface area contributed by atoms with E-state index in [-0.39, 0.29) is 13.0 Å². The maximum atomic E-state index is 12.7. The van der Waals surface area contributed by atoms with Crippen molar-refractivity contribution in [1.29, 1.82) is 0 Å². The topological polar surface area (TPSA) is 160 Å². The fourth-order valence-electron chi connectivity index (χ4n) is 3.16. The zero-order valence-corrected chi connectivity index (χ0v) is 26.1. The van der Waals surface area contributed by atoms with Crippen molar-refractivity contribution in [3.63, 3.8) is 0 Å². The summed E-state index contributed by atoms with van der Waals surface area (Å²) < 4.78 is 10.8. The van der Waals surface area contributed by atoms with Crippen LogP contribution in [0.2, 0.25) is 0 Å². The van der Waals surface area contributed by atoms with Gasteiger partial charge in [-0.1, -0.05) is 36.3 Å². The summed E-state index contributed by atoms with van der Waals surface area (Å²) >= 11 is 0. The van der Waals surface area contributed by atoms with E-state index in [9.17, 15) is 19.2 Å². The number of anilines is 4. The first kappa shape index (κ1) is 35.1. The molecule has 0 aliphatic rings. The van der Waals surface area contributed by atoms with E-state index in [4.69, 9.17) is 19.1 Å². The summed E-state index contributed by atoms with van der Waals surface area (Å²) in [5.41, 5.74) is 3.07. The molecule has 2 rings (SSSR count). The van der Waals surface area contributed by atoms with E-state index >= 15 is 0 Å². The van der Waals surface area contributed by atoms with E-state index in [1.807, 2.05) is 13.8 Å². The smallest absolute Gasteiger partial charge is 0.437 e. The minimum atomic E-state index is -0.758. The number of nitrogens with one attached hydrogen (secondary N) is 2. The summed E-state index contributed by atoms with van der Waals surface area (Å²) in [6, 6.07) is 13.1. The van der Waals surface area contributed by atoms with Gasteiger partial charge in [-0.25, -0.2) is 19.2 Å². The standard InChI is InChI=1S/C30H40N6O8/c1-8-20(3)33-43-27(37)31-23-12-10-14-25(18-23)35(6)29(39)41-17-16-22(5)42-30(40)36(7)26-15-11-13-24(19-26)32-28(38)44-34-21(4)9-2/h10-15,18-19,22H,8-9,16-17H2,1-7H3,(H,31,37)(H,32,38)/b33-20-,34-21-. The highest BCUT2D eigenvalue weighted by atomic mass is 16.7. The van der Waals surface area contributed by atoms with E-state index in [2.05, 4.69) is 20.9 Å². The second-order valence-corrected chi connectivity index (χ2v) is 9.68. The van der Waals surface area contributed by atoms with E-state index in [0.717, 1.165) is 0 Å². The Bertz CT molecular complexity index is 1360. The monoisotopic (exact) mass is 612 g/mol. The molecule has 0 aliphatic heterocycles. The van der Waals surface area contributed by atoms with Crippen molar-refractivity contribution in [3.05, 3.63) is 48.5 Å². The van der Waals surface area contributed by atoms with Gasteiger partial charge >= 0.3 is 24.4 Å². The summed E-state index contributed by atoms with van der Waals surface area (Å²) in [6.07, 6.45) is -1.82. The fourth-order valence-corrected chi connectivity index (χ4v) is 3.16.